The maximum Gasteiger partial charge on any atom is 0.0622 e. The van der Waals surface area contributed by atoms with Crippen molar-refractivity contribution in [1.29, 1.82) is 5.26 Å². The minimum absolute atomic E-state index is 0.291. The second kappa shape index (κ2) is 5.67. The van der Waals surface area contributed by atoms with Gasteiger partial charge in [0, 0.05) is 12.5 Å². The molecule has 1 unspecified atom stereocenters. The average Bonchev–Trinajstić information content (AvgIpc) is 2.26. The molecule has 0 radical (unpaired) electrons. The standard InChI is InChI=1S/C14H20N2/c1-10-8-12(3)13(9-11(10)2)14(16-4)6-5-7-15/h8-9,14,16H,5-6H2,1-4H3. The first kappa shape index (κ1) is 12.7. The van der Waals surface area contributed by atoms with E-state index in [-0.39, 0.29) is 0 Å². The number of nitrogens with one attached hydrogen (secondary N) is 1. The molecule has 1 N–H and O–H groups in total. The van der Waals surface area contributed by atoms with Gasteiger partial charge in [0.05, 0.1) is 6.07 Å². The van der Waals surface area contributed by atoms with Crippen LogP contribution in [0.5, 0.6) is 0 Å². The van der Waals surface area contributed by atoms with E-state index >= 15 is 0 Å². The van der Waals surface area contributed by atoms with Crippen LogP contribution in [0.25, 0.3) is 0 Å². The van der Waals surface area contributed by atoms with Gasteiger partial charge < -0.3 is 5.32 Å². The van der Waals surface area contributed by atoms with Crippen LogP contribution in [-0.2, 0) is 0 Å². The molecule has 0 aliphatic rings. The molecule has 0 amide bonds. The van der Waals surface area contributed by atoms with Gasteiger partial charge in [0.1, 0.15) is 0 Å². The molecule has 0 aromatic heterocycles. The summed E-state index contributed by atoms with van der Waals surface area (Å²) in [4.78, 5) is 0. The SMILES string of the molecule is CNC(CCC#N)c1cc(C)c(C)cc1C. The van der Waals surface area contributed by atoms with Crippen LogP contribution >= 0.6 is 0 Å². The zero-order chi connectivity index (χ0) is 12.1. The molecule has 0 heterocycles. The normalized spacial score (nSPS) is 12.2. The van der Waals surface area contributed by atoms with Crippen LogP contribution in [0.4, 0.5) is 0 Å². The monoisotopic (exact) mass is 216 g/mol. The molecule has 0 spiro atoms. The highest BCUT2D eigenvalue weighted by molar-refractivity contribution is 5.38. The van der Waals surface area contributed by atoms with Crippen LogP contribution in [0.3, 0.4) is 0 Å². The van der Waals surface area contributed by atoms with Crippen molar-refractivity contribution in [3.05, 3.63) is 34.4 Å². The molecular formula is C14H20N2. The molecule has 0 fully saturated rings. The third-order valence-electron chi connectivity index (χ3n) is 3.15. The van der Waals surface area contributed by atoms with Gasteiger partial charge in [-0.15, -0.1) is 0 Å². The Bertz CT molecular complexity index is 402. The summed E-state index contributed by atoms with van der Waals surface area (Å²) in [5.41, 5.74) is 5.27. The van der Waals surface area contributed by atoms with Crippen molar-refractivity contribution in [2.45, 2.75) is 39.7 Å². The number of nitrogens with zero attached hydrogens (tertiary/aromatic N) is 1. The van der Waals surface area contributed by atoms with Gasteiger partial charge in [-0.2, -0.15) is 5.26 Å². The van der Waals surface area contributed by atoms with Gasteiger partial charge >= 0.3 is 0 Å². The van der Waals surface area contributed by atoms with E-state index in [1.165, 1.54) is 22.3 Å². The lowest BCUT2D eigenvalue weighted by molar-refractivity contribution is 0.554. The number of aryl methyl sites for hydroxylation is 3. The van der Waals surface area contributed by atoms with Gasteiger partial charge in [-0.3, -0.25) is 0 Å². The van der Waals surface area contributed by atoms with E-state index in [2.05, 4.69) is 44.3 Å². The highest BCUT2D eigenvalue weighted by Crippen LogP contribution is 2.24. The van der Waals surface area contributed by atoms with E-state index < -0.39 is 0 Å². The zero-order valence-electron chi connectivity index (χ0n) is 10.6. The Hall–Kier alpha value is -1.33. The van der Waals surface area contributed by atoms with Gasteiger partial charge in [0.15, 0.2) is 0 Å². The minimum atomic E-state index is 0.291. The second-order valence-electron chi connectivity index (χ2n) is 4.33. The van der Waals surface area contributed by atoms with Crippen LogP contribution < -0.4 is 5.32 Å². The predicted octanol–water partition coefficient (Wildman–Crippen LogP) is 3.18. The maximum atomic E-state index is 8.65. The summed E-state index contributed by atoms with van der Waals surface area (Å²) < 4.78 is 0. The summed E-state index contributed by atoms with van der Waals surface area (Å²) in [6, 6.07) is 6.96. The summed E-state index contributed by atoms with van der Waals surface area (Å²) in [5.74, 6) is 0. The van der Waals surface area contributed by atoms with Crippen molar-refractivity contribution in [3.63, 3.8) is 0 Å². The lowest BCUT2D eigenvalue weighted by atomic mass is 9.93. The van der Waals surface area contributed by atoms with Crippen LogP contribution in [-0.4, -0.2) is 7.05 Å². The van der Waals surface area contributed by atoms with Gasteiger partial charge in [-0.25, -0.2) is 0 Å². The summed E-state index contributed by atoms with van der Waals surface area (Å²) >= 11 is 0. The van der Waals surface area contributed by atoms with E-state index in [1.807, 2.05) is 7.05 Å². The second-order valence-corrected chi connectivity index (χ2v) is 4.33. The number of benzene rings is 1. The molecule has 86 valence electrons. The summed E-state index contributed by atoms with van der Waals surface area (Å²) in [6.45, 7) is 6.41. The molecule has 1 aromatic carbocycles. The predicted molar refractivity (Wildman–Crippen MR) is 67.3 cm³/mol. The van der Waals surface area contributed by atoms with Crippen LogP contribution in [0.2, 0.25) is 0 Å². The molecule has 2 heteroatoms. The Balaban J connectivity index is 3.01. The van der Waals surface area contributed by atoms with Gasteiger partial charge in [-0.05, 0) is 56.5 Å². The topological polar surface area (TPSA) is 35.8 Å². The minimum Gasteiger partial charge on any atom is -0.313 e. The molecule has 0 bridgehead atoms. The lowest BCUT2D eigenvalue weighted by Gasteiger charge is -2.19. The summed E-state index contributed by atoms with van der Waals surface area (Å²) in [7, 11) is 1.96. The molecule has 1 aromatic rings. The van der Waals surface area contributed by atoms with Crippen molar-refractivity contribution in [2.75, 3.05) is 7.05 Å². The Labute approximate surface area is 98.3 Å². The quantitative estimate of drug-likeness (QED) is 0.839. The Morgan fingerprint density at radius 3 is 2.38 bits per heavy atom. The summed E-state index contributed by atoms with van der Waals surface area (Å²) in [5, 5.41) is 11.9. The molecule has 0 saturated heterocycles. The Morgan fingerprint density at radius 2 is 1.81 bits per heavy atom. The highest BCUT2D eigenvalue weighted by atomic mass is 14.9. The van der Waals surface area contributed by atoms with Crippen molar-refractivity contribution in [2.24, 2.45) is 0 Å². The van der Waals surface area contributed by atoms with Crippen LogP contribution in [0, 0.1) is 32.1 Å². The number of hydrogen-bond acceptors (Lipinski definition) is 2. The molecule has 1 atom stereocenters. The number of hydrogen-bond donors (Lipinski definition) is 1. The smallest absolute Gasteiger partial charge is 0.0622 e. The average molecular weight is 216 g/mol. The first-order valence-corrected chi connectivity index (χ1v) is 5.72. The van der Waals surface area contributed by atoms with E-state index in [0.717, 1.165) is 6.42 Å². The first-order chi connectivity index (χ1) is 7.60. The first-order valence-electron chi connectivity index (χ1n) is 5.72. The van der Waals surface area contributed by atoms with Crippen LogP contribution in [0.15, 0.2) is 12.1 Å². The molecular weight excluding hydrogens is 196 g/mol. The largest absolute Gasteiger partial charge is 0.313 e. The Morgan fingerprint density at radius 1 is 1.19 bits per heavy atom. The Kier molecular flexibility index (Phi) is 4.52. The summed E-state index contributed by atoms with van der Waals surface area (Å²) in [6.07, 6.45) is 1.47. The number of rotatable bonds is 4. The fourth-order valence-corrected chi connectivity index (χ4v) is 2.02. The zero-order valence-corrected chi connectivity index (χ0v) is 10.6. The van der Waals surface area contributed by atoms with Crippen molar-refractivity contribution < 1.29 is 0 Å². The lowest BCUT2D eigenvalue weighted by Crippen LogP contribution is -2.17. The van der Waals surface area contributed by atoms with E-state index in [1.54, 1.807) is 0 Å². The van der Waals surface area contributed by atoms with Gasteiger partial charge in [0.2, 0.25) is 0 Å². The molecule has 0 aliphatic carbocycles. The third kappa shape index (κ3) is 2.84. The fourth-order valence-electron chi connectivity index (χ4n) is 2.02. The number of nitriles is 1. The molecule has 16 heavy (non-hydrogen) atoms. The van der Waals surface area contributed by atoms with Crippen molar-refractivity contribution in [3.8, 4) is 6.07 Å². The molecule has 1 rings (SSSR count). The van der Waals surface area contributed by atoms with Gasteiger partial charge in [-0.1, -0.05) is 12.1 Å². The third-order valence-corrected chi connectivity index (χ3v) is 3.15. The fraction of sp³-hybridized carbons (Fsp3) is 0.500. The van der Waals surface area contributed by atoms with E-state index in [0.29, 0.717) is 12.5 Å². The van der Waals surface area contributed by atoms with E-state index in [4.69, 9.17) is 5.26 Å². The van der Waals surface area contributed by atoms with Crippen LogP contribution in [0.1, 0.15) is 41.1 Å². The van der Waals surface area contributed by atoms with Gasteiger partial charge in [0.25, 0.3) is 0 Å². The van der Waals surface area contributed by atoms with Crippen molar-refractivity contribution in [1.82, 2.24) is 5.32 Å². The highest BCUT2D eigenvalue weighted by Gasteiger charge is 2.12. The maximum absolute atomic E-state index is 8.65. The molecule has 0 aliphatic heterocycles. The van der Waals surface area contributed by atoms with Crippen molar-refractivity contribution >= 4 is 0 Å². The molecule has 0 saturated carbocycles. The van der Waals surface area contributed by atoms with E-state index in [9.17, 15) is 0 Å². The molecule has 2 nitrogen and oxygen atoms in total.